The molecule has 5 atom stereocenters. The quantitative estimate of drug-likeness (QED) is 0.310. The van der Waals surface area contributed by atoms with E-state index in [2.05, 4.69) is 18.1 Å². The summed E-state index contributed by atoms with van der Waals surface area (Å²) in [4.78, 5) is 50.3. The Morgan fingerprint density at radius 1 is 1.25 bits per heavy atom. The fourth-order valence-corrected chi connectivity index (χ4v) is 5.20. The molecule has 0 amide bonds. The first-order chi connectivity index (χ1) is 12.7. The maximum atomic E-state index is 14.1. The zero-order chi connectivity index (χ0) is 21.3. The van der Waals surface area contributed by atoms with Crippen molar-refractivity contribution in [3.05, 3.63) is 22.7 Å². The monoisotopic (exact) mass is 469 g/mol. The van der Waals surface area contributed by atoms with Gasteiger partial charge in [-0.15, -0.1) is 0 Å². The smallest absolute Gasteiger partial charge is 0.383 e. The van der Waals surface area contributed by atoms with Crippen molar-refractivity contribution >= 4 is 29.3 Å². The molecule has 1 aromatic rings. The number of phosphoric ester groups is 1. The van der Waals surface area contributed by atoms with Crippen molar-refractivity contribution in [1.82, 2.24) is 9.55 Å². The Morgan fingerprint density at radius 3 is 2.46 bits per heavy atom. The maximum Gasteiger partial charge on any atom is 0.490 e. The summed E-state index contributed by atoms with van der Waals surface area (Å²) in [7, 11) is -16.5. The molecule has 0 aromatic carbocycles. The van der Waals surface area contributed by atoms with Crippen LogP contribution in [0.1, 0.15) is 12.6 Å². The van der Waals surface area contributed by atoms with Gasteiger partial charge in [0.25, 0.3) is 0 Å². The Bertz CT molecular complexity index is 919. The van der Waals surface area contributed by atoms with Gasteiger partial charge < -0.3 is 30.0 Å². The first-order valence-electron chi connectivity index (χ1n) is 7.10. The highest BCUT2D eigenvalue weighted by Crippen LogP contribution is 2.66. The van der Waals surface area contributed by atoms with Crippen LogP contribution in [0.2, 0.25) is 0 Å². The molecule has 0 bridgehead atoms. The third kappa shape index (κ3) is 6.79. The largest absolute Gasteiger partial charge is 0.490 e. The van der Waals surface area contributed by atoms with Crippen LogP contribution in [0.3, 0.4) is 0 Å². The summed E-state index contributed by atoms with van der Waals surface area (Å²) in [5.41, 5.74) is 4.42. The van der Waals surface area contributed by atoms with E-state index in [1.165, 1.54) is 6.07 Å². The van der Waals surface area contributed by atoms with Crippen LogP contribution < -0.4 is 11.4 Å². The Balaban J connectivity index is 1.97. The third-order valence-corrected chi connectivity index (χ3v) is 6.90. The average Bonchev–Trinajstić information content (AvgIpc) is 2.82. The molecule has 0 radical (unpaired) electrons. The molecular formula is C9H15FN3O12P3. The van der Waals surface area contributed by atoms with Crippen molar-refractivity contribution in [3.8, 4) is 0 Å². The van der Waals surface area contributed by atoms with Gasteiger partial charge in [0.1, 0.15) is 12.0 Å². The van der Waals surface area contributed by atoms with E-state index < -0.39 is 60.7 Å². The first-order valence-corrected chi connectivity index (χ1v) is 11.6. The van der Waals surface area contributed by atoms with Gasteiger partial charge in [-0.2, -0.15) is 13.6 Å². The second-order valence-corrected chi connectivity index (χ2v) is 9.75. The van der Waals surface area contributed by atoms with Gasteiger partial charge in [0.15, 0.2) is 6.23 Å². The number of aromatic nitrogens is 2. The van der Waals surface area contributed by atoms with Gasteiger partial charge >= 0.3 is 29.2 Å². The number of nitrogens with zero attached hydrogens (tertiary/aromatic N) is 2. The lowest BCUT2D eigenvalue weighted by Gasteiger charge is -2.18. The SMILES string of the molecule is Nc1ccn([C@@H]2O[C@H](COP(=O)(O)OP(=O)(O)OP(=O)(O)O)C[C@H]2F)c(=O)n1. The fraction of sp³-hybridized carbons (Fsp3) is 0.556. The minimum Gasteiger partial charge on any atom is -0.383 e. The van der Waals surface area contributed by atoms with Crippen LogP contribution in [-0.2, 0) is 31.6 Å². The Kier molecular flexibility index (Phi) is 6.96. The molecule has 160 valence electrons. The van der Waals surface area contributed by atoms with Gasteiger partial charge in [-0.25, -0.2) is 22.9 Å². The van der Waals surface area contributed by atoms with Crippen LogP contribution in [-0.4, -0.2) is 48.0 Å². The lowest BCUT2D eigenvalue weighted by atomic mass is 10.2. The topological polar surface area (TPSA) is 230 Å². The molecule has 2 rings (SSSR count). The van der Waals surface area contributed by atoms with Gasteiger partial charge in [0, 0.05) is 12.6 Å². The molecule has 15 nitrogen and oxygen atoms in total. The number of phosphoric acid groups is 3. The second kappa shape index (κ2) is 8.38. The van der Waals surface area contributed by atoms with E-state index >= 15 is 0 Å². The van der Waals surface area contributed by atoms with Gasteiger partial charge in [-0.05, 0) is 6.07 Å². The average molecular weight is 469 g/mol. The molecule has 6 N–H and O–H groups in total. The number of rotatable bonds is 8. The first kappa shape index (κ1) is 23.3. The van der Waals surface area contributed by atoms with Gasteiger partial charge in [0.2, 0.25) is 0 Å². The number of nitrogens with two attached hydrogens (primary N) is 1. The lowest BCUT2D eigenvalue weighted by Crippen LogP contribution is -2.30. The highest BCUT2D eigenvalue weighted by atomic mass is 31.3. The van der Waals surface area contributed by atoms with Crippen LogP contribution in [0.25, 0.3) is 0 Å². The molecule has 28 heavy (non-hydrogen) atoms. The molecule has 1 aromatic heterocycles. The molecule has 19 heteroatoms. The molecule has 1 fully saturated rings. The molecule has 0 aliphatic carbocycles. The van der Waals surface area contributed by atoms with E-state index in [1.54, 1.807) is 0 Å². The predicted octanol–water partition coefficient (Wildman–Crippen LogP) is -0.206. The van der Waals surface area contributed by atoms with Crippen molar-refractivity contribution in [2.45, 2.75) is 24.9 Å². The molecule has 1 aliphatic rings. The Hall–Kier alpha value is -1.02. The van der Waals surface area contributed by atoms with Crippen LogP contribution in [0.4, 0.5) is 10.2 Å². The van der Waals surface area contributed by atoms with Crippen molar-refractivity contribution in [2.24, 2.45) is 0 Å². The molecule has 0 spiro atoms. The van der Waals surface area contributed by atoms with Crippen molar-refractivity contribution in [1.29, 1.82) is 0 Å². The maximum absolute atomic E-state index is 14.1. The summed E-state index contributed by atoms with van der Waals surface area (Å²) < 4.78 is 64.9. The van der Waals surface area contributed by atoms with Crippen molar-refractivity contribution < 1.29 is 55.5 Å². The van der Waals surface area contributed by atoms with E-state index in [0.717, 1.165) is 10.8 Å². The summed E-state index contributed by atoms with van der Waals surface area (Å²) in [6, 6.07) is 1.22. The number of nitrogen functional groups attached to an aromatic ring is 1. The number of halogens is 1. The lowest BCUT2D eigenvalue weighted by molar-refractivity contribution is -0.0387. The van der Waals surface area contributed by atoms with Crippen molar-refractivity contribution in [2.75, 3.05) is 12.3 Å². The number of hydrogen-bond donors (Lipinski definition) is 5. The summed E-state index contributed by atoms with van der Waals surface area (Å²) >= 11 is 0. The van der Waals surface area contributed by atoms with Crippen LogP contribution in [0, 0.1) is 0 Å². The number of alkyl halides is 1. The molecule has 2 heterocycles. The van der Waals surface area contributed by atoms with Crippen LogP contribution in [0.15, 0.2) is 17.1 Å². The van der Waals surface area contributed by atoms with E-state index in [1.807, 2.05) is 0 Å². The zero-order valence-corrected chi connectivity index (χ0v) is 16.2. The van der Waals surface area contributed by atoms with Crippen LogP contribution >= 0.6 is 23.5 Å². The number of ether oxygens (including phenoxy) is 1. The molecule has 2 unspecified atom stereocenters. The van der Waals surface area contributed by atoms with Crippen molar-refractivity contribution in [3.63, 3.8) is 0 Å². The van der Waals surface area contributed by atoms with Gasteiger partial charge in [-0.3, -0.25) is 9.09 Å². The van der Waals surface area contributed by atoms with E-state index in [0.29, 0.717) is 0 Å². The zero-order valence-electron chi connectivity index (χ0n) is 13.5. The normalized spacial score (nSPS) is 27.2. The van der Waals surface area contributed by atoms with E-state index in [9.17, 15) is 27.8 Å². The van der Waals surface area contributed by atoms with E-state index in [-0.39, 0.29) is 5.82 Å². The van der Waals surface area contributed by atoms with E-state index in [4.69, 9.17) is 25.2 Å². The fourth-order valence-electron chi connectivity index (χ4n) is 2.15. The molecule has 1 saturated heterocycles. The third-order valence-electron chi connectivity index (χ3n) is 3.09. The minimum absolute atomic E-state index is 0.0983. The highest BCUT2D eigenvalue weighted by molar-refractivity contribution is 7.66. The summed E-state index contributed by atoms with van der Waals surface area (Å²) in [5, 5.41) is 0. The Morgan fingerprint density at radius 2 is 1.89 bits per heavy atom. The summed E-state index contributed by atoms with van der Waals surface area (Å²) in [5.74, 6) is -0.0983. The molecule has 1 aliphatic heterocycles. The highest BCUT2D eigenvalue weighted by Gasteiger charge is 2.43. The van der Waals surface area contributed by atoms with Crippen LogP contribution in [0.5, 0.6) is 0 Å². The summed E-state index contributed by atoms with van der Waals surface area (Å²) in [6.45, 7) is -0.836. The second-order valence-electron chi connectivity index (χ2n) is 5.33. The number of anilines is 1. The standard InChI is InChI=1S/C9H15FN3O12P3/c10-6-3-5(23-8(6)13-2-1-7(11)12-9(13)14)4-22-27(18,19)25-28(20,21)24-26(15,16)17/h1-2,5-6,8H,3-4H2,(H,18,19)(H,20,21)(H2,11,12,14)(H2,15,16,17)/t5-,6+,8+/m0/s1. The summed E-state index contributed by atoms with van der Waals surface area (Å²) in [6.07, 6.45) is -3.62. The van der Waals surface area contributed by atoms with Gasteiger partial charge in [0.05, 0.1) is 12.7 Å². The predicted molar refractivity (Wildman–Crippen MR) is 86.1 cm³/mol. The molecule has 0 saturated carbocycles. The Labute approximate surface area is 155 Å². The minimum atomic E-state index is -5.66. The molecular weight excluding hydrogens is 454 g/mol. The van der Waals surface area contributed by atoms with Gasteiger partial charge in [-0.1, -0.05) is 0 Å². The number of hydrogen-bond acceptors (Lipinski definition) is 10.